The Morgan fingerprint density at radius 3 is 2.40 bits per heavy atom. The molecule has 334 valence electrons. The van der Waals surface area contributed by atoms with Gasteiger partial charge in [-0.05, 0) is 93.9 Å². The number of fused-ring (bicyclic) bond motifs is 3. The minimum atomic E-state index is -4.92. The number of amides is 4. The fourth-order valence-corrected chi connectivity index (χ4v) is 9.64. The number of benzene rings is 2. The number of alkyl halides is 3. The molecular weight excluding hydrogens is 832 g/mol. The highest BCUT2D eigenvalue weighted by molar-refractivity contribution is 7.91. The molecular formula is C44H52F3N5O9S. The summed E-state index contributed by atoms with van der Waals surface area (Å²) in [5.74, 6) is -2.93. The summed E-state index contributed by atoms with van der Waals surface area (Å²) in [7, 11) is -2.46. The van der Waals surface area contributed by atoms with Crippen LogP contribution in [0.15, 0.2) is 66.7 Å². The Hall–Kier alpha value is -5.39. The Kier molecular flexibility index (Phi) is 12.3. The highest BCUT2D eigenvalue weighted by Crippen LogP contribution is 2.46. The van der Waals surface area contributed by atoms with Gasteiger partial charge in [0, 0.05) is 23.3 Å². The summed E-state index contributed by atoms with van der Waals surface area (Å²) in [5.41, 5.74) is -3.19. The average Bonchev–Trinajstić information content (AvgIpc) is 4.14. The average molecular weight is 884 g/mol. The molecule has 0 bridgehead atoms. The summed E-state index contributed by atoms with van der Waals surface area (Å²) < 4.78 is 86.5. The Morgan fingerprint density at radius 1 is 1.00 bits per heavy atom. The molecule has 2 aliphatic heterocycles. The first-order valence-electron chi connectivity index (χ1n) is 20.8. The fraction of sp³-hybridized carbons (Fsp3) is 0.523. The van der Waals surface area contributed by atoms with Gasteiger partial charge in [-0.25, -0.2) is 18.2 Å². The monoisotopic (exact) mass is 883 g/mol. The van der Waals surface area contributed by atoms with Crippen LogP contribution in [0, 0.1) is 17.8 Å². The van der Waals surface area contributed by atoms with Gasteiger partial charge in [0.25, 0.3) is 5.91 Å². The molecule has 3 N–H and O–H groups in total. The van der Waals surface area contributed by atoms with Crippen LogP contribution in [0.5, 0.6) is 11.6 Å². The van der Waals surface area contributed by atoms with Crippen LogP contribution in [0.2, 0.25) is 0 Å². The number of ether oxygens (including phenoxy) is 3. The van der Waals surface area contributed by atoms with E-state index in [0.29, 0.717) is 62.8 Å². The fourth-order valence-electron chi connectivity index (χ4n) is 8.28. The number of methoxy groups -OCH3 is 1. The molecule has 0 unspecified atom stereocenters. The number of carbonyl (C=O) groups excluding carboxylic acids is 4. The van der Waals surface area contributed by atoms with Crippen molar-refractivity contribution in [3.63, 3.8) is 0 Å². The van der Waals surface area contributed by atoms with E-state index in [1.54, 1.807) is 32.2 Å². The van der Waals surface area contributed by atoms with E-state index >= 15 is 0 Å². The number of pyridine rings is 1. The number of nitrogens with one attached hydrogen (secondary N) is 3. The van der Waals surface area contributed by atoms with Crippen molar-refractivity contribution < 1.29 is 55.0 Å². The predicted octanol–water partition coefficient (Wildman–Crippen LogP) is 6.19. The van der Waals surface area contributed by atoms with E-state index in [-0.39, 0.29) is 31.2 Å². The number of rotatable bonds is 9. The molecule has 1 saturated heterocycles. The van der Waals surface area contributed by atoms with Crippen molar-refractivity contribution in [3.05, 3.63) is 66.7 Å². The Morgan fingerprint density at radius 2 is 1.73 bits per heavy atom. The minimum Gasteiger partial charge on any atom is -0.497 e. The zero-order valence-electron chi connectivity index (χ0n) is 35.2. The summed E-state index contributed by atoms with van der Waals surface area (Å²) in [6, 6.07) is 13.8. The summed E-state index contributed by atoms with van der Waals surface area (Å²) in [4.78, 5) is 62.7. The van der Waals surface area contributed by atoms with Crippen LogP contribution in [0.25, 0.3) is 22.0 Å². The molecule has 7 atom stereocenters. The number of sulfonamides is 1. The van der Waals surface area contributed by atoms with Crippen molar-refractivity contribution in [3.8, 4) is 22.9 Å². The highest BCUT2D eigenvalue weighted by Gasteiger charge is 2.62. The first-order chi connectivity index (χ1) is 29.2. The van der Waals surface area contributed by atoms with Crippen LogP contribution in [0.3, 0.4) is 0 Å². The largest absolute Gasteiger partial charge is 0.497 e. The molecule has 62 heavy (non-hydrogen) atoms. The molecule has 0 radical (unpaired) electrons. The van der Waals surface area contributed by atoms with Crippen molar-refractivity contribution in [2.24, 2.45) is 17.8 Å². The molecule has 1 aromatic heterocycles. The van der Waals surface area contributed by atoms with Crippen LogP contribution in [0.1, 0.15) is 72.6 Å². The Balaban J connectivity index is 1.26. The number of nitrogens with zero attached hydrogens (tertiary/aromatic N) is 2. The number of hydrogen-bond donors (Lipinski definition) is 3. The molecule has 2 aliphatic carbocycles. The zero-order chi connectivity index (χ0) is 44.8. The third-order valence-corrected chi connectivity index (χ3v) is 14.1. The second-order valence-corrected chi connectivity index (χ2v) is 19.5. The predicted molar refractivity (Wildman–Crippen MR) is 222 cm³/mol. The molecule has 7 rings (SSSR count). The molecule has 14 nitrogen and oxygen atoms in total. The smallest absolute Gasteiger partial charge is 0.427 e. The SMILES string of the molecule is COc1ccc2c(O[C@@H]3C[C@H]4C(=O)N[C@]5(C(=O)NS(=O)(=O)C6CC6)C[C@H]5/C=C\CC[C@@H](C)C[C@@H](C)[C@H](NC(=O)OC(C)(C)C(F)(F)F)C(=O)N4C3)nc(-c3ccccc3)cc2c1. The number of halogens is 3. The number of allylic oxidation sites excluding steroid dienone is 1. The minimum absolute atomic E-state index is 0.0458. The molecule has 4 amide bonds. The first-order valence-corrected chi connectivity index (χ1v) is 22.4. The van der Waals surface area contributed by atoms with Gasteiger partial charge in [-0.15, -0.1) is 0 Å². The van der Waals surface area contributed by atoms with E-state index < -0.39 is 86.4 Å². The van der Waals surface area contributed by atoms with Gasteiger partial charge in [0.05, 0.1) is 24.6 Å². The normalized spacial score (nSPS) is 27.7. The topological polar surface area (TPSA) is 182 Å². The second kappa shape index (κ2) is 17.1. The third-order valence-electron chi connectivity index (χ3n) is 12.3. The summed E-state index contributed by atoms with van der Waals surface area (Å²) in [6.45, 7) is 4.79. The van der Waals surface area contributed by atoms with Gasteiger partial charge >= 0.3 is 12.3 Å². The summed E-state index contributed by atoms with van der Waals surface area (Å²) in [6.07, 6.45) is -1.35. The van der Waals surface area contributed by atoms with E-state index in [1.807, 2.05) is 55.5 Å². The number of hydrogen-bond acceptors (Lipinski definition) is 10. The van der Waals surface area contributed by atoms with Gasteiger partial charge in [-0.2, -0.15) is 13.2 Å². The molecule has 0 spiro atoms. The van der Waals surface area contributed by atoms with Gasteiger partial charge in [0.2, 0.25) is 33.3 Å². The molecule has 3 aromatic rings. The third kappa shape index (κ3) is 9.49. The van der Waals surface area contributed by atoms with Crippen molar-refractivity contribution >= 4 is 44.6 Å². The molecule has 2 saturated carbocycles. The van der Waals surface area contributed by atoms with Crippen molar-refractivity contribution in [1.29, 1.82) is 0 Å². The van der Waals surface area contributed by atoms with E-state index in [9.17, 15) is 40.8 Å². The van der Waals surface area contributed by atoms with E-state index in [0.717, 1.165) is 10.9 Å². The van der Waals surface area contributed by atoms with Gasteiger partial charge in [0.15, 0.2) is 0 Å². The quantitative estimate of drug-likeness (QED) is 0.210. The lowest BCUT2D eigenvalue weighted by atomic mass is 9.88. The van der Waals surface area contributed by atoms with Crippen LogP contribution in [-0.4, -0.2) is 96.5 Å². The maximum atomic E-state index is 14.9. The molecule has 2 aromatic carbocycles. The van der Waals surface area contributed by atoms with Crippen LogP contribution in [-0.2, 0) is 29.1 Å². The van der Waals surface area contributed by atoms with Crippen LogP contribution < -0.4 is 24.8 Å². The maximum Gasteiger partial charge on any atom is 0.427 e. The van der Waals surface area contributed by atoms with Crippen molar-refractivity contribution in [2.75, 3.05) is 13.7 Å². The Labute approximate surface area is 358 Å². The lowest BCUT2D eigenvalue weighted by Crippen LogP contribution is -2.59. The number of aromatic nitrogens is 1. The first kappa shape index (κ1) is 44.7. The van der Waals surface area contributed by atoms with Gasteiger partial charge < -0.3 is 29.7 Å². The van der Waals surface area contributed by atoms with Crippen molar-refractivity contribution in [2.45, 2.75) is 113 Å². The zero-order valence-corrected chi connectivity index (χ0v) is 36.0. The van der Waals surface area contributed by atoms with Gasteiger partial charge in [-0.3, -0.25) is 19.1 Å². The van der Waals surface area contributed by atoms with E-state index in [2.05, 4.69) is 15.4 Å². The van der Waals surface area contributed by atoms with Gasteiger partial charge in [-0.1, -0.05) is 56.3 Å². The summed E-state index contributed by atoms with van der Waals surface area (Å²) >= 11 is 0. The Bertz CT molecular complexity index is 2360. The van der Waals surface area contributed by atoms with Crippen LogP contribution in [0.4, 0.5) is 18.0 Å². The molecule has 18 heteroatoms. The molecule has 4 aliphatic rings. The number of carbonyl (C=O) groups is 4. The molecule has 3 heterocycles. The highest BCUT2D eigenvalue weighted by atomic mass is 32.2. The molecule has 3 fully saturated rings. The lowest BCUT2D eigenvalue weighted by Gasteiger charge is -2.34. The van der Waals surface area contributed by atoms with E-state index in [4.69, 9.17) is 19.2 Å². The lowest BCUT2D eigenvalue weighted by molar-refractivity contribution is -0.244. The van der Waals surface area contributed by atoms with E-state index in [1.165, 1.54) is 4.90 Å². The number of alkyl carbamates (subject to hydrolysis) is 1. The van der Waals surface area contributed by atoms with Gasteiger partial charge in [0.1, 0.15) is 29.5 Å². The standard InChI is InChI=1S/C44H52F3N5O9S/c1-25-11-9-10-14-29-23-43(29,40(55)51-62(57,58)32-16-17-32)50-37(53)35-22-31(24-52(35)39(54)36(26(2)19-25)49-41(56)61-42(3,4)44(45,46)47)60-38-33-18-15-30(59-5)20-28(33)21-34(48-38)27-12-7-6-8-13-27/h6-8,10,12-15,18,20-21,25-26,29,31-32,35-36H,9,11,16-17,19,22-24H2,1-5H3,(H,49,56)(H,50,53)(H,51,55)/b14-10-/t25-,26-,29-,31-,35+,36+,43-/m1/s1. The maximum absolute atomic E-state index is 14.9. The second-order valence-electron chi connectivity index (χ2n) is 17.5. The summed E-state index contributed by atoms with van der Waals surface area (Å²) in [5, 5.41) is 5.83. The van der Waals surface area contributed by atoms with Crippen LogP contribution >= 0.6 is 0 Å². The van der Waals surface area contributed by atoms with Crippen molar-refractivity contribution in [1.82, 2.24) is 25.2 Å².